The van der Waals surface area contributed by atoms with Crippen molar-refractivity contribution in [2.45, 2.75) is 39.2 Å². The minimum atomic E-state index is -1.02. The van der Waals surface area contributed by atoms with Gasteiger partial charge in [0, 0.05) is 5.56 Å². The first-order valence-electron chi connectivity index (χ1n) is 13.3. The molecule has 214 valence electrons. The molecule has 1 saturated heterocycles. The highest BCUT2D eigenvalue weighted by Gasteiger charge is 2.48. The lowest BCUT2D eigenvalue weighted by Crippen LogP contribution is -2.29. The molecule has 1 amide bonds. The zero-order valence-corrected chi connectivity index (χ0v) is 23.8. The van der Waals surface area contributed by atoms with E-state index in [0.717, 1.165) is 30.6 Å². The van der Waals surface area contributed by atoms with Gasteiger partial charge in [-0.1, -0.05) is 43.2 Å². The first-order chi connectivity index (χ1) is 19.8. The Balaban J connectivity index is 1.59. The SMILES string of the molecule is CCCCCOc1ccc(C2/C(=C(\O)c3ccc4c(c3)OCCO4)C(=O)C(=O)N2c2nc(C)c(C(=O)OC)s2)cc1. The Morgan fingerprint density at radius 1 is 1.10 bits per heavy atom. The molecule has 1 N–H and O–H groups in total. The zero-order valence-electron chi connectivity index (χ0n) is 23.0. The molecule has 1 fully saturated rings. The summed E-state index contributed by atoms with van der Waals surface area (Å²) in [5.74, 6) is -1.13. The number of Topliss-reactive ketones (excluding diaryl/α,β-unsaturated/α-hetero) is 1. The van der Waals surface area contributed by atoms with Crippen LogP contribution in [0.5, 0.6) is 17.2 Å². The third kappa shape index (κ3) is 5.49. The minimum Gasteiger partial charge on any atom is -0.507 e. The Morgan fingerprint density at radius 3 is 2.54 bits per heavy atom. The summed E-state index contributed by atoms with van der Waals surface area (Å²) < 4.78 is 21.9. The van der Waals surface area contributed by atoms with E-state index in [1.165, 1.54) is 12.0 Å². The van der Waals surface area contributed by atoms with Gasteiger partial charge in [0.1, 0.15) is 29.6 Å². The molecule has 1 aromatic heterocycles. The van der Waals surface area contributed by atoms with Crippen LogP contribution >= 0.6 is 11.3 Å². The number of rotatable bonds is 9. The van der Waals surface area contributed by atoms with E-state index in [1.54, 1.807) is 49.4 Å². The number of aliphatic hydroxyl groups excluding tert-OH is 1. The predicted octanol–water partition coefficient (Wildman–Crippen LogP) is 5.20. The van der Waals surface area contributed by atoms with Crippen molar-refractivity contribution in [3.63, 3.8) is 0 Å². The molecule has 11 heteroatoms. The van der Waals surface area contributed by atoms with Gasteiger partial charge in [0.15, 0.2) is 16.6 Å². The number of methoxy groups -OCH3 is 1. The van der Waals surface area contributed by atoms with Crippen molar-refractivity contribution in [3.8, 4) is 17.2 Å². The maximum atomic E-state index is 13.5. The van der Waals surface area contributed by atoms with Gasteiger partial charge >= 0.3 is 11.9 Å². The second kappa shape index (κ2) is 12.0. The van der Waals surface area contributed by atoms with Crippen molar-refractivity contribution in [2.24, 2.45) is 0 Å². The number of carbonyl (C=O) groups is 3. The third-order valence-electron chi connectivity index (χ3n) is 6.83. The molecule has 0 radical (unpaired) electrons. The quantitative estimate of drug-likeness (QED) is 0.120. The van der Waals surface area contributed by atoms with Crippen LogP contribution in [0.15, 0.2) is 48.0 Å². The summed E-state index contributed by atoms with van der Waals surface area (Å²) in [4.78, 5) is 45.2. The molecule has 0 saturated carbocycles. The number of aromatic nitrogens is 1. The van der Waals surface area contributed by atoms with Crippen LogP contribution in [0.1, 0.15) is 58.7 Å². The number of anilines is 1. The molecule has 0 spiro atoms. The number of amides is 1. The van der Waals surface area contributed by atoms with E-state index in [0.29, 0.717) is 53.9 Å². The van der Waals surface area contributed by atoms with E-state index in [4.69, 9.17) is 18.9 Å². The highest BCUT2D eigenvalue weighted by Crippen LogP contribution is 2.45. The molecule has 1 unspecified atom stereocenters. The second-order valence-electron chi connectivity index (χ2n) is 9.55. The number of unbranched alkanes of at least 4 members (excludes halogenated alkanes) is 2. The van der Waals surface area contributed by atoms with Gasteiger partial charge in [0.25, 0.3) is 5.78 Å². The van der Waals surface area contributed by atoms with Crippen LogP contribution in [0, 0.1) is 6.92 Å². The number of ketones is 1. The molecule has 1 atom stereocenters. The highest BCUT2D eigenvalue weighted by molar-refractivity contribution is 7.17. The lowest BCUT2D eigenvalue weighted by atomic mass is 9.95. The normalized spacial score (nSPS) is 17.5. The Kier molecular flexibility index (Phi) is 8.25. The summed E-state index contributed by atoms with van der Waals surface area (Å²) in [5, 5.41) is 11.6. The fraction of sp³-hybridized carbons (Fsp3) is 0.333. The number of hydrogen-bond donors (Lipinski definition) is 1. The fourth-order valence-corrected chi connectivity index (χ4v) is 5.76. The van der Waals surface area contributed by atoms with E-state index in [2.05, 4.69) is 11.9 Å². The molecule has 41 heavy (non-hydrogen) atoms. The van der Waals surface area contributed by atoms with Gasteiger partial charge in [-0.3, -0.25) is 14.5 Å². The molecule has 2 aromatic carbocycles. The number of ether oxygens (including phenoxy) is 4. The van der Waals surface area contributed by atoms with Gasteiger partial charge in [0.2, 0.25) is 0 Å². The molecular formula is C30H30N2O8S. The van der Waals surface area contributed by atoms with Gasteiger partial charge in [-0.05, 0) is 49.2 Å². The summed E-state index contributed by atoms with van der Waals surface area (Å²) in [5.41, 5.74) is 1.09. The van der Waals surface area contributed by atoms with Crippen molar-refractivity contribution in [1.29, 1.82) is 0 Å². The van der Waals surface area contributed by atoms with Gasteiger partial charge in [0.05, 0.1) is 31.0 Å². The van der Waals surface area contributed by atoms with E-state index >= 15 is 0 Å². The summed E-state index contributed by atoms with van der Waals surface area (Å²) in [6.45, 7) is 5.07. The van der Waals surface area contributed by atoms with Crippen LogP contribution in [0.3, 0.4) is 0 Å². The molecule has 10 nitrogen and oxygen atoms in total. The van der Waals surface area contributed by atoms with Crippen LogP contribution in [0.25, 0.3) is 5.76 Å². The average molecular weight is 579 g/mol. The van der Waals surface area contributed by atoms with E-state index in [-0.39, 0.29) is 21.3 Å². The van der Waals surface area contributed by atoms with Crippen LogP contribution in [0.4, 0.5) is 5.13 Å². The lowest BCUT2D eigenvalue weighted by Gasteiger charge is -2.23. The number of carbonyl (C=O) groups excluding carboxylic acids is 3. The molecule has 3 heterocycles. The van der Waals surface area contributed by atoms with Gasteiger partial charge < -0.3 is 24.1 Å². The van der Waals surface area contributed by atoms with Gasteiger partial charge in [-0.25, -0.2) is 9.78 Å². The van der Waals surface area contributed by atoms with Crippen molar-refractivity contribution >= 4 is 39.9 Å². The van der Waals surface area contributed by atoms with E-state index < -0.39 is 23.7 Å². The van der Waals surface area contributed by atoms with Crippen LogP contribution in [0.2, 0.25) is 0 Å². The Labute approximate surface area is 241 Å². The second-order valence-corrected chi connectivity index (χ2v) is 10.5. The molecule has 0 bridgehead atoms. The largest absolute Gasteiger partial charge is 0.507 e. The first-order valence-corrected chi connectivity index (χ1v) is 14.1. The molecule has 2 aliphatic rings. The summed E-state index contributed by atoms with van der Waals surface area (Å²) in [6.07, 6.45) is 3.07. The summed E-state index contributed by atoms with van der Waals surface area (Å²) >= 11 is 0.942. The van der Waals surface area contributed by atoms with Gasteiger partial charge in [-0.15, -0.1) is 0 Å². The van der Waals surface area contributed by atoms with Crippen molar-refractivity contribution in [1.82, 2.24) is 4.98 Å². The number of fused-ring (bicyclic) bond motifs is 1. The average Bonchev–Trinajstić information content (AvgIpc) is 3.50. The molecule has 5 rings (SSSR count). The standard InChI is InChI=1S/C30H30N2O8S/c1-4-5-6-13-38-20-10-7-18(8-11-20)24-23(25(33)19-9-12-21-22(16-19)40-15-14-39-21)26(34)28(35)32(24)30-31-17(2)27(41-30)29(36)37-3/h7-12,16,24,33H,4-6,13-15H2,1-3H3/b25-23+. The molecule has 3 aromatic rings. The topological polar surface area (TPSA) is 124 Å². The Hall–Kier alpha value is -4.38. The first kappa shape index (κ1) is 28.2. The van der Waals surface area contributed by atoms with Gasteiger partial charge in [-0.2, -0.15) is 0 Å². The number of thiazole rings is 1. The minimum absolute atomic E-state index is 0.115. The zero-order chi connectivity index (χ0) is 29.1. The van der Waals surface area contributed by atoms with Crippen molar-refractivity contribution in [2.75, 3.05) is 31.8 Å². The summed E-state index contributed by atoms with van der Waals surface area (Å²) in [7, 11) is 1.26. The predicted molar refractivity (Wildman–Crippen MR) is 152 cm³/mol. The Bertz CT molecular complexity index is 1510. The fourth-order valence-electron chi connectivity index (χ4n) is 4.75. The van der Waals surface area contributed by atoms with E-state index in [9.17, 15) is 19.5 Å². The molecule has 0 aliphatic carbocycles. The van der Waals surface area contributed by atoms with E-state index in [1.807, 2.05) is 0 Å². The van der Waals surface area contributed by atoms with Crippen LogP contribution in [-0.4, -0.2) is 54.7 Å². The smallest absolute Gasteiger partial charge is 0.350 e. The highest BCUT2D eigenvalue weighted by atomic mass is 32.1. The van der Waals surface area contributed by atoms with Crippen molar-refractivity contribution < 1.29 is 38.4 Å². The van der Waals surface area contributed by atoms with Crippen LogP contribution < -0.4 is 19.1 Å². The van der Waals surface area contributed by atoms with Crippen LogP contribution in [-0.2, 0) is 14.3 Å². The lowest BCUT2D eigenvalue weighted by molar-refractivity contribution is -0.132. The Morgan fingerprint density at radius 2 is 1.83 bits per heavy atom. The maximum Gasteiger partial charge on any atom is 0.350 e. The molecule has 2 aliphatic heterocycles. The number of nitrogens with zero attached hydrogens (tertiary/aromatic N) is 2. The molecular weight excluding hydrogens is 548 g/mol. The summed E-state index contributed by atoms with van der Waals surface area (Å²) in [6, 6.07) is 10.8. The number of esters is 1. The third-order valence-corrected chi connectivity index (χ3v) is 7.97. The number of benzene rings is 2. The monoisotopic (exact) mass is 578 g/mol. The van der Waals surface area contributed by atoms with Crippen molar-refractivity contribution in [3.05, 3.63) is 69.7 Å². The number of aliphatic hydroxyl groups is 1. The maximum absolute atomic E-state index is 13.5. The number of aryl methyl sites for hydroxylation is 1. The number of hydrogen-bond acceptors (Lipinski definition) is 10.